The van der Waals surface area contributed by atoms with Crippen LogP contribution in [0.4, 0.5) is 0 Å². The second kappa shape index (κ2) is 5.48. The molecule has 0 spiro atoms. The van der Waals surface area contributed by atoms with Gasteiger partial charge in [0.25, 0.3) is 0 Å². The summed E-state index contributed by atoms with van der Waals surface area (Å²) in [6, 6.07) is 4.88. The maximum Gasteiger partial charge on any atom is 0.333 e. The summed E-state index contributed by atoms with van der Waals surface area (Å²) in [7, 11) is 1.30. The van der Waals surface area contributed by atoms with Crippen LogP contribution in [0, 0.1) is 13.8 Å². The molecule has 1 rings (SSSR count). The Morgan fingerprint density at radius 2 is 1.88 bits per heavy atom. The SMILES string of the molecule is COC(=O)C(NC(C)=O)c1ccc(C)c(C)c1. The molecule has 17 heavy (non-hydrogen) atoms. The molecule has 4 heteroatoms. The van der Waals surface area contributed by atoms with E-state index in [0.29, 0.717) is 0 Å². The fraction of sp³-hybridized carbons (Fsp3) is 0.385. The van der Waals surface area contributed by atoms with Gasteiger partial charge in [0.1, 0.15) is 0 Å². The molecule has 0 aliphatic rings. The van der Waals surface area contributed by atoms with Gasteiger partial charge in [0, 0.05) is 6.92 Å². The van der Waals surface area contributed by atoms with Crippen molar-refractivity contribution in [1.29, 1.82) is 0 Å². The molecule has 4 nitrogen and oxygen atoms in total. The topological polar surface area (TPSA) is 55.4 Å². The van der Waals surface area contributed by atoms with E-state index < -0.39 is 12.0 Å². The highest BCUT2D eigenvalue weighted by Crippen LogP contribution is 2.18. The molecular weight excluding hydrogens is 218 g/mol. The summed E-state index contributed by atoms with van der Waals surface area (Å²) < 4.78 is 4.68. The van der Waals surface area contributed by atoms with Crippen molar-refractivity contribution in [1.82, 2.24) is 5.32 Å². The fourth-order valence-electron chi connectivity index (χ4n) is 1.54. The Morgan fingerprint density at radius 1 is 1.24 bits per heavy atom. The Hall–Kier alpha value is -1.84. The van der Waals surface area contributed by atoms with E-state index >= 15 is 0 Å². The van der Waals surface area contributed by atoms with Crippen LogP contribution in [-0.2, 0) is 14.3 Å². The number of esters is 1. The van der Waals surface area contributed by atoms with Gasteiger partial charge in [-0.2, -0.15) is 0 Å². The molecule has 0 heterocycles. The summed E-state index contributed by atoms with van der Waals surface area (Å²) in [6.45, 7) is 5.32. The molecule has 1 amide bonds. The molecule has 1 aromatic rings. The molecule has 1 N–H and O–H groups in total. The van der Waals surface area contributed by atoms with Crippen LogP contribution in [0.15, 0.2) is 18.2 Å². The minimum absolute atomic E-state index is 0.265. The Balaban J connectivity index is 3.07. The summed E-state index contributed by atoms with van der Waals surface area (Å²) in [5, 5.41) is 2.58. The number of nitrogens with one attached hydrogen (secondary N) is 1. The molecule has 0 fully saturated rings. The van der Waals surface area contributed by atoms with Crippen molar-refractivity contribution in [2.45, 2.75) is 26.8 Å². The monoisotopic (exact) mass is 235 g/mol. The fourth-order valence-corrected chi connectivity index (χ4v) is 1.54. The first-order chi connectivity index (χ1) is 7.95. The molecule has 1 atom stereocenters. The number of carbonyl (C=O) groups is 2. The lowest BCUT2D eigenvalue weighted by Gasteiger charge is -2.16. The maximum absolute atomic E-state index is 11.6. The maximum atomic E-state index is 11.6. The number of amides is 1. The molecule has 1 aromatic carbocycles. The number of hydrogen-bond acceptors (Lipinski definition) is 3. The number of hydrogen-bond donors (Lipinski definition) is 1. The van der Waals surface area contributed by atoms with Crippen molar-refractivity contribution < 1.29 is 14.3 Å². The lowest BCUT2D eigenvalue weighted by Crippen LogP contribution is -2.32. The first-order valence-corrected chi connectivity index (χ1v) is 5.37. The lowest BCUT2D eigenvalue weighted by atomic mass is 10.0. The van der Waals surface area contributed by atoms with Crippen molar-refractivity contribution in [3.63, 3.8) is 0 Å². The predicted molar refractivity (Wildman–Crippen MR) is 64.5 cm³/mol. The van der Waals surface area contributed by atoms with Crippen LogP contribution in [-0.4, -0.2) is 19.0 Å². The van der Waals surface area contributed by atoms with Crippen molar-refractivity contribution in [2.75, 3.05) is 7.11 Å². The van der Waals surface area contributed by atoms with Gasteiger partial charge in [0.15, 0.2) is 6.04 Å². The zero-order valence-corrected chi connectivity index (χ0v) is 10.5. The average molecular weight is 235 g/mol. The predicted octanol–water partition coefficient (Wildman–Crippen LogP) is 1.65. The summed E-state index contributed by atoms with van der Waals surface area (Å²) in [6.07, 6.45) is 0. The lowest BCUT2D eigenvalue weighted by molar-refractivity contribution is -0.145. The Bertz CT molecular complexity index is 440. The number of rotatable bonds is 3. The number of ether oxygens (including phenoxy) is 1. The quantitative estimate of drug-likeness (QED) is 0.810. The highest BCUT2D eigenvalue weighted by Gasteiger charge is 2.22. The average Bonchev–Trinajstić information content (AvgIpc) is 2.28. The molecule has 0 aliphatic heterocycles. The minimum atomic E-state index is -0.739. The summed E-state index contributed by atoms with van der Waals surface area (Å²) >= 11 is 0. The van der Waals surface area contributed by atoms with Crippen LogP contribution >= 0.6 is 0 Å². The van der Waals surface area contributed by atoms with Crippen molar-refractivity contribution in [3.05, 3.63) is 34.9 Å². The van der Waals surface area contributed by atoms with E-state index in [2.05, 4.69) is 10.1 Å². The Morgan fingerprint density at radius 3 is 2.35 bits per heavy atom. The smallest absolute Gasteiger partial charge is 0.333 e. The van der Waals surface area contributed by atoms with E-state index in [4.69, 9.17) is 0 Å². The van der Waals surface area contributed by atoms with Crippen LogP contribution in [0.3, 0.4) is 0 Å². The molecule has 0 bridgehead atoms. The molecule has 0 saturated heterocycles. The van der Waals surface area contributed by atoms with Gasteiger partial charge in [-0.3, -0.25) is 4.79 Å². The van der Waals surface area contributed by atoms with Crippen molar-refractivity contribution >= 4 is 11.9 Å². The van der Waals surface area contributed by atoms with E-state index in [0.717, 1.165) is 16.7 Å². The third kappa shape index (κ3) is 3.31. The molecule has 0 aromatic heterocycles. The van der Waals surface area contributed by atoms with Crippen LogP contribution in [0.5, 0.6) is 0 Å². The molecule has 0 aliphatic carbocycles. The summed E-state index contributed by atoms with van der Waals surface area (Å²) in [5.41, 5.74) is 2.94. The third-order valence-electron chi connectivity index (χ3n) is 2.65. The van der Waals surface area contributed by atoms with Crippen LogP contribution in [0.25, 0.3) is 0 Å². The largest absolute Gasteiger partial charge is 0.467 e. The Labute approximate surface area is 101 Å². The van der Waals surface area contributed by atoms with Gasteiger partial charge in [0.2, 0.25) is 5.91 Å². The van der Waals surface area contributed by atoms with E-state index in [1.54, 1.807) is 0 Å². The normalized spacial score (nSPS) is 11.8. The molecule has 1 unspecified atom stereocenters. The molecule has 92 valence electrons. The van der Waals surface area contributed by atoms with Gasteiger partial charge in [-0.15, -0.1) is 0 Å². The van der Waals surface area contributed by atoms with Crippen LogP contribution in [0.1, 0.15) is 29.7 Å². The standard InChI is InChI=1S/C13H17NO3/c1-8-5-6-11(7-9(8)2)12(13(16)17-4)14-10(3)15/h5-7,12H,1-4H3,(H,14,15). The van der Waals surface area contributed by atoms with Gasteiger partial charge in [-0.05, 0) is 30.5 Å². The molecule has 0 saturated carbocycles. The Kier molecular flexibility index (Phi) is 4.26. The number of aryl methyl sites for hydroxylation is 2. The van der Waals surface area contributed by atoms with Crippen molar-refractivity contribution in [3.8, 4) is 0 Å². The van der Waals surface area contributed by atoms with Gasteiger partial charge >= 0.3 is 5.97 Å². The zero-order chi connectivity index (χ0) is 13.0. The second-order valence-corrected chi connectivity index (χ2v) is 4.00. The van der Waals surface area contributed by atoms with Crippen LogP contribution < -0.4 is 5.32 Å². The van der Waals surface area contributed by atoms with E-state index in [1.807, 2.05) is 32.0 Å². The first-order valence-electron chi connectivity index (χ1n) is 5.37. The van der Waals surface area contributed by atoms with Crippen molar-refractivity contribution in [2.24, 2.45) is 0 Å². The third-order valence-corrected chi connectivity index (χ3v) is 2.65. The highest BCUT2D eigenvalue weighted by atomic mass is 16.5. The molecular formula is C13H17NO3. The van der Waals surface area contributed by atoms with Crippen LogP contribution in [0.2, 0.25) is 0 Å². The van der Waals surface area contributed by atoms with Gasteiger partial charge in [-0.25, -0.2) is 4.79 Å². The number of methoxy groups -OCH3 is 1. The van der Waals surface area contributed by atoms with E-state index in [9.17, 15) is 9.59 Å². The van der Waals surface area contributed by atoms with Gasteiger partial charge in [0.05, 0.1) is 7.11 Å². The number of carbonyl (C=O) groups excluding carboxylic acids is 2. The van der Waals surface area contributed by atoms with E-state index in [-0.39, 0.29) is 5.91 Å². The van der Waals surface area contributed by atoms with Gasteiger partial charge in [-0.1, -0.05) is 18.2 Å². The second-order valence-electron chi connectivity index (χ2n) is 4.00. The summed E-state index contributed by atoms with van der Waals surface area (Å²) in [5.74, 6) is -0.734. The highest BCUT2D eigenvalue weighted by molar-refractivity contribution is 5.84. The minimum Gasteiger partial charge on any atom is -0.467 e. The van der Waals surface area contributed by atoms with Gasteiger partial charge < -0.3 is 10.1 Å². The van der Waals surface area contributed by atoms with E-state index in [1.165, 1.54) is 14.0 Å². The zero-order valence-electron chi connectivity index (χ0n) is 10.5. The molecule has 0 radical (unpaired) electrons. The number of benzene rings is 1. The summed E-state index contributed by atoms with van der Waals surface area (Å²) in [4.78, 5) is 22.7. The first kappa shape index (κ1) is 13.2.